The lowest BCUT2D eigenvalue weighted by Crippen LogP contribution is -2.44. The number of aliphatic hydroxyl groups excluding tert-OH is 1. The molecule has 2 aliphatic heterocycles. The summed E-state index contributed by atoms with van der Waals surface area (Å²) < 4.78 is 0. The Morgan fingerprint density at radius 2 is 1.61 bits per heavy atom. The molecule has 2 unspecified atom stereocenters. The van der Waals surface area contributed by atoms with E-state index in [1.807, 2.05) is 0 Å². The molecule has 2 heterocycles. The van der Waals surface area contributed by atoms with Crippen LogP contribution in [0.1, 0.15) is 51.0 Å². The summed E-state index contributed by atoms with van der Waals surface area (Å²) in [4.78, 5) is 2.55. The predicted molar refractivity (Wildman–Crippen MR) is 75.1 cm³/mol. The molecule has 0 aromatic heterocycles. The molecular formula is C16H23NO. The number of aliphatic hydroxyl groups is 1. The zero-order valence-corrected chi connectivity index (χ0v) is 11.3. The third kappa shape index (κ3) is 2.03. The van der Waals surface area contributed by atoms with Crippen LogP contribution in [0.3, 0.4) is 0 Å². The molecule has 3 rings (SSSR count). The third-order valence-corrected chi connectivity index (χ3v) is 4.57. The summed E-state index contributed by atoms with van der Waals surface area (Å²) in [5.41, 5.74) is 2.75. The Morgan fingerprint density at radius 3 is 2.11 bits per heavy atom. The number of fused-ring (bicyclic) bond motifs is 2. The van der Waals surface area contributed by atoms with Gasteiger partial charge in [0.05, 0.1) is 6.10 Å². The molecule has 2 saturated heterocycles. The molecule has 1 aromatic rings. The van der Waals surface area contributed by atoms with Crippen LogP contribution in [0.2, 0.25) is 0 Å². The van der Waals surface area contributed by atoms with Crippen LogP contribution >= 0.6 is 0 Å². The van der Waals surface area contributed by atoms with Crippen molar-refractivity contribution in [3.05, 3.63) is 29.8 Å². The number of piperidine rings is 1. The van der Waals surface area contributed by atoms with E-state index in [1.165, 1.54) is 24.1 Å². The Labute approximate surface area is 110 Å². The van der Waals surface area contributed by atoms with Crippen molar-refractivity contribution < 1.29 is 5.11 Å². The maximum absolute atomic E-state index is 9.84. The van der Waals surface area contributed by atoms with E-state index in [4.69, 9.17) is 0 Å². The van der Waals surface area contributed by atoms with Crippen molar-refractivity contribution in [1.29, 1.82) is 0 Å². The summed E-state index contributed by atoms with van der Waals surface area (Å²) >= 11 is 0. The summed E-state index contributed by atoms with van der Waals surface area (Å²) in [6, 6.07) is 10.2. The van der Waals surface area contributed by atoms with Crippen molar-refractivity contribution in [1.82, 2.24) is 0 Å². The van der Waals surface area contributed by atoms with E-state index in [0.29, 0.717) is 18.0 Å². The van der Waals surface area contributed by atoms with Gasteiger partial charge in [-0.3, -0.25) is 0 Å². The fourth-order valence-corrected chi connectivity index (χ4v) is 3.60. The van der Waals surface area contributed by atoms with Crippen LogP contribution < -0.4 is 4.90 Å². The average molecular weight is 245 g/mol. The second-order valence-corrected chi connectivity index (χ2v) is 6.16. The first kappa shape index (κ1) is 12.0. The third-order valence-electron chi connectivity index (χ3n) is 4.57. The van der Waals surface area contributed by atoms with Gasteiger partial charge in [-0.15, -0.1) is 0 Å². The monoisotopic (exact) mass is 245 g/mol. The van der Waals surface area contributed by atoms with E-state index in [-0.39, 0.29) is 6.10 Å². The first-order valence-electron chi connectivity index (χ1n) is 7.21. The molecule has 2 nitrogen and oxygen atoms in total. The Kier molecular flexibility index (Phi) is 3.06. The number of hydrogen-bond acceptors (Lipinski definition) is 2. The van der Waals surface area contributed by atoms with Crippen molar-refractivity contribution in [3.8, 4) is 0 Å². The molecule has 98 valence electrons. The molecule has 0 amide bonds. The van der Waals surface area contributed by atoms with Crippen molar-refractivity contribution in [2.45, 2.75) is 63.6 Å². The Morgan fingerprint density at radius 1 is 1.06 bits per heavy atom. The zero-order valence-electron chi connectivity index (χ0n) is 11.3. The van der Waals surface area contributed by atoms with Gasteiger partial charge in [0.25, 0.3) is 0 Å². The van der Waals surface area contributed by atoms with Crippen LogP contribution in [0.25, 0.3) is 0 Å². The van der Waals surface area contributed by atoms with Crippen LogP contribution in [-0.4, -0.2) is 23.3 Å². The molecule has 2 heteroatoms. The smallest absolute Gasteiger partial charge is 0.0579 e. The van der Waals surface area contributed by atoms with Crippen molar-refractivity contribution in [2.24, 2.45) is 0 Å². The van der Waals surface area contributed by atoms with E-state index in [9.17, 15) is 5.11 Å². The number of anilines is 1. The molecule has 18 heavy (non-hydrogen) atoms. The van der Waals surface area contributed by atoms with E-state index in [2.05, 4.69) is 43.0 Å². The number of benzene rings is 1. The molecule has 0 spiro atoms. The van der Waals surface area contributed by atoms with Crippen LogP contribution in [0, 0.1) is 0 Å². The van der Waals surface area contributed by atoms with Crippen LogP contribution in [0.4, 0.5) is 5.69 Å². The summed E-state index contributed by atoms with van der Waals surface area (Å²) in [6.45, 7) is 4.46. The molecule has 0 radical (unpaired) electrons. The second kappa shape index (κ2) is 4.58. The molecular weight excluding hydrogens is 222 g/mol. The SMILES string of the molecule is CC(C)c1ccc(N2C3CCC2CC(O)C3)cc1. The summed E-state index contributed by atoms with van der Waals surface area (Å²) in [5, 5.41) is 9.84. The first-order chi connectivity index (χ1) is 8.65. The molecule has 2 fully saturated rings. The van der Waals surface area contributed by atoms with Gasteiger partial charge in [-0.1, -0.05) is 26.0 Å². The quantitative estimate of drug-likeness (QED) is 0.864. The zero-order chi connectivity index (χ0) is 12.7. The van der Waals surface area contributed by atoms with Crippen LogP contribution in [0.15, 0.2) is 24.3 Å². The lowest BCUT2D eigenvalue weighted by atomic mass is 9.98. The van der Waals surface area contributed by atoms with E-state index >= 15 is 0 Å². The molecule has 2 bridgehead atoms. The van der Waals surface area contributed by atoms with Gasteiger partial charge in [-0.2, -0.15) is 0 Å². The van der Waals surface area contributed by atoms with E-state index < -0.39 is 0 Å². The summed E-state index contributed by atoms with van der Waals surface area (Å²) in [5.74, 6) is 0.596. The van der Waals surface area contributed by atoms with Gasteiger partial charge >= 0.3 is 0 Å². The number of rotatable bonds is 2. The minimum absolute atomic E-state index is 0.0753. The number of hydrogen-bond donors (Lipinski definition) is 1. The Hall–Kier alpha value is -1.02. The van der Waals surface area contributed by atoms with Crippen LogP contribution in [-0.2, 0) is 0 Å². The molecule has 1 aromatic carbocycles. The molecule has 1 N–H and O–H groups in total. The van der Waals surface area contributed by atoms with Crippen molar-refractivity contribution in [3.63, 3.8) is 0 Å². The minimum atomic E-state index is -0.0753. The molecule has 0 saturated carbocycles. The average Bonchev–Trinajstić information content (AvgIpc) is 2.62. The van der Waals surface area contributed by atoms with Gasteiger partial charge < -0.3 is 10.0 Å². The Balaban J connectivity index is 1.83. The van der Waals surface area contributed by atoms with Gasteiger partial charge in [-0.25, -0.2) is 0 Å². The van der Waals surface area contributed by atoms with Gasteiger partial charge in [0.1, 0.15) is 0 Å². The highest BCUT2D eigenvalue weighted by atomic mass is 16.3. The standard InChI is InChI=1S/C16H23NO/c1-11(2)12-3-5-13(6-4-12)17-14-7-8-15(17)10-16(18)9-14/h3-6,11,14-16,18H,7-10H2,1-2H3. The molecule has 2 atom stereocenters. The van der Waals surface area contributed by atoms with Crippen LogP contribution in [0.5, 0.6) is 0 Å². The minimum Gasteiger partial charge on any atom is -0.393 e. The molecule has 0 aliphatic carbocycles. The lowest BCUT2D eigenvalue weighted by molar-refractivity contribution is 0.126. The van der Waals surface area contributed by atoms with Gasteiger partial charge in [0.15, 0.2) is 0 Å². The predicted octanol–water partition coefficient (Wildman–Crippen LogP) is 3.30. The molecule has 2 aliphatic rings. The summed E-state index contributed by atoms with van der Waals surface area (Å²) in [7, 11) is 0. The topological polar surface area (TPSA) is 23.5 Å². The highest BCUT2D eigenvalue weighted by molar-refractivity contribution is 5.51. The largest absolute Gasteiger partial charge is 0.393 e. The normalized spacial score (nSPS) is 31.1. The Bertz CT molecular complexity index is 398. The maximum Gasteiger partial charge on any atom is 0.0579 e. The van der Waals surface area contributed by atoms with Gasteiger partial charge in [-0.05, 0) is 49.3 Å². The number of nitrogens with zero attached hydrogens (tertiary/aromatic N) is 1. The summed E-state index contributed by atoms with van der Waals surface area (Å²) in [6.07, 6.45) is 4.31. The van der Waals surface area contributed by atoms with Crippen molar-refractivity contribution >= 4 is 5.69 Å². The lowest BCUT2D eigenvalue weighted by Gasteiger charge is -2.39. The highest BCUT2D eigenvalue weighted by Crippen LogP contribution is 2.39. The van der Waals surface area contributed by atoms with E-state index in [0.717, 1.165) is 12.8 Å². The highest BCUT2D eigenvalue weighted by Gasteiger charge is 2.40. The fourth-order valence-electron chi connectivity index (χ4n) is 3.60. The maximum atomic E-state index is 9.84. The van der Waals surface area contributed by atoms with Gasteiger partial charge in [0, 0.05) is 17.8 Å². The first-order valence-corrected chi connectivity index (χ1v) is 7.21. The fraction of sp³-hybridized carbons (Fsp3) is 0.625. The van der Waals surface area contributed by atoms with Gasteiger partial charge in [0.2, 0.25) is 0 Å². The van der Waals surface area contributed by atoms with E-state index in [1.54, 1.807) is 0 Å². The van der Waals surface area contributed by atoms with Crippen molar-refractivity contribution in [2.75, 3.05) is 4.90 Å². The second-order valence-electron chi connectivity index (χ2n) is 6.16.